The second-order valence-corrected chi connectivity index (χ2v) is 18.2. The SMILES string of the molecule is Cc1cc(C[C@@H](NC(=O)N2CCC(c3cc4ccccc4[nH]c3=O)CC2)C(=O)N2CCN(C3CCN(C)CC3)CC2)cc2cnn(COC(=O)C3(c4ccccc4)CCCC3)c12. The molecule has 13 heteroatoms. The van der Waals surface area contributed by atoms with Crippen LogP contribution < -0.4 is 10.9 Å². The second kappa shape index (κ2) is 18.1. The molecule has 3 aliphatic heterocycles. The average Bonchev–Trinajstić information content (AvgIpc) is 3.97. The maximum atomic E-state index is 14.5. The standard InChI is InChI=1S/C49H60N8O5/c1-34-28-35(29-38-32-50-57(44(34)38)33-62-47(60)49(18-8-9-19-49)39-11-4-3-5-12-39)30-43(46(59)55-26-24-54(25-27-55)40-16-20-53(2)21-17-40)52-48(61)56-22-14-36(15-23-56)41-31-37-10-6-7-13-42(37)51-45(41)58/h3-7,10-13,28-29,31-32,36,40,43H,8-9,14-27,30,33H2,1-2H3,(H,51,58)(H,52,61)/t43-/m1/s1. The minimum Gasteiger partial charge on any atom is -0.442 e. The number of urea groups is 1. The van der Waals surface area contributed by atoms with Gasteiger partial charge in [-0.05, 0) is 112 Å². The number of ether oxygens (including phenoxy) is 1. The molecule has 2 N–H and O–H groups in total. The van der Waals surface area contributed by atoms with Crippen LogP contribution in [-0.2, 0) is 32.9 Å². The molecule has 5 aromatic rings. The Hall–Kier alpha value is -5.53. The molecular weight excluding hydrogens is 781 g/mol. The van der Waals surface area contributed by atoms with Crippen molar-refractivity contribution in [1.29, 1.82) is 0 Å². The second-order valence-electron chi connectivity index (χ2n) is 18.2. The van der Waals surface area contributed by atoms with Gasteiger partial charge in [0.1, 0.15) is 6.04 Å². The molecule has 1 atom stereocenters. The summed E-state index contributed by atoms with van der Waals surface area (Å²) in [5.41, 5.74) is 4.60. The number of aryl methyl sites for hydroxylation is 1. The van der Waals surface area contributed by atoms with E-state index in [9.17, 15) is 19.2 Å². The maximum absolute atomic E-state index is 14.5. The summed E-state index contributed by atoms with van der Waals surface area (Å²) in [5, 5.41) is 9.70. The van der Waals surface area contributed by atoms with Crippen molar-refractivity contribution >= 4 is 39.7 Å². The van der Waals surface area contributed by atoms with E-state index in [1.807, 2.05) is 78.6 Å². The number of H-pyrrole nitrogens is 1. The van der Waals surface area contributed by atoms with E-state index in [1.54, 1.807) is 15.8 Å². The van der Waals surface area contributed by atoms with Gasteiger partial charge < -0.3 is 29.7 Å². The van der Waals surface area contributed by atoms with Crippen LogP contribution in [0.25, 0.3) is 21.8 Å². The lowest BCUT2D eigenvalue weighted by Crippen LogP contribution is -2.59. The van der Waals surface area contributed by atoms with Gasteiger partial charge in [-0.15, -0.1) is 0 Å². The molecule has 0 bridgehead atoms. The summed E-state index contributed by atoms with van der Waals surface area (Å²) in [6, 6.07) is 23.4. The smallest absolute Gasteiger partial charge is 0.318 e. The van der Waals surface area contributed by atoms with Gasteiger partial charge in [-0.25, -0.2) is 9.48 Å². The first-order chi connectivity index (χ1) is 30.1. The molecule has 3 aromatic carbocycles. The summed E-state index contributed by atoms with van der Waals surface area (Å²) < 4.78 is 7.77. The van der Waals surface area contributed by atoms with Crippen LogP contribution >= 0.6 is 0 Å². The summed E-state index contributed by atoms with van der Waals surface area (Å²) in [6.07, 6.45) is 9.23. The lowest BCUT2D eigenvalue weighted by molar-refractivity contribution is -0.154. The number of hydrogen-bond acceptors (Lipinski definition) is 8. The molecule has 1 saturated carbocycles. The van der Waals surface area contributed by atoms with Crippen LogP contribution in [0.15, 0.2) is 83.8 Å². The fourth-order valence-corrected chi connectivity index (χ4v) is 10.8. The largest absolute Gasteiger partial charge is 0.442 e. The van der Waals surface area contributed by atoms with Crippen LogP contribution in [0.1, 0.15) is 79.5 Å². The topological polar surface area (TPSA) is 136 Å². The number of aromatic nitrogens is 3. The number of aromatic amines is 1. The number of amides is 3. The van der Waals surface area contributed by atoms with E-state index in [0.717, 1.165) is 109 Å². The van der Waals surface area contributed by atoms with E-state index < -0.39 is 11.5 Å². The van der Waals surface area contributed by atoms with Crippen molar-refractivity contribution in [3.05, 3.63) is 112 Å². The van der Waals surface area contributed by atoms with Gasteiger partial charge in [0, 0.05) is 68.2 Å². The molecule has 2 aromatic heterocycles. The van der Waals surface area contributed by atoms with Gasteiger partial charge in [-0.1, -0.05) is 67.4 Å². The van der Waals surface area contributed by atoms with Crippen LogP contribution in [0.3, 0.4) is 0 Å². The Labute approximate surface area is 363 Å². The summed E-state index contributed by atoms with van der Waals surface area (Å²) >= 11 is 0. The van der Waals surface area contributed by atoms with Crippen LogP contribution in [0.2, 0.25) is 0 Å². The summed E-state index contributed by atoms with van der Waals surface area (Å²) in [5.74, 6) is -0.244. The number of hydrogen-bond donors (Lipinski definition) is 2. The Morgan fingerprint density at radius 2 is 1.55 bits per heavy atom. The Kier molecular flexibility index (Phi) is 12.2. The number of carbonyl (C=O) groups is 3. The van der Waals surface area contributed by atoms with Crippen molar-refractivity contribution < 1.29 is 19.1 Å². The van der Waals surface area contributed by atoms with Gasteiger partial charge >= 0.3 is 12.0 Å². The highest BCUT2D eigenvalue weighted by atomic mass is 16.5. The number of rotatable bonds is 10. The highest BCUT2D eigenvalue weighted by molar-refractivity contribution is 5.89. The van der Waals surface area contributed by atoms with Crippen molar-refractivity contribution in [1.82, 2.24) is 39.7 Å². The molecule has 4 fully saturated rings. The molecule has 0 radical (unpaired) electrons. The Morgan fingerprint density at radius 3 is 2.29 bits per heavy atom. The van der Waals surface area contributed by atoms with Gasteiger partial charge in [-0.3, -0.25) is 19.3 Å². The summed E-state index contributed by atoms with van der Waals surface area (Å²) in [4.78, 5) is 67.1. The maximum Gasteiger partial charge on any atom is 0.318 e. The minimum absolute atomic E-state index is 0.00372. The van der Waals surface area contributed by atoms with Crippen LogP contribution in [-0.4, -0.2) is 124 Å². The molecule has 326 valence electrons. The Bertz CT molecular complexity index is 2450. The predicted octanol–water partition coefficient (Wildman–Crippen LogP) is 5.94. The molecule has 5 heterocycles. The van der Waals surface area contributed by atoms with Crippen LogP contribution in [0, 0.1) is 6.92 Å². The van der Waals surface area contributed by atoms with Crippen molar-refractivity contribution in [2.45, 2.75) is 94.9 Å². The number of piperidine rings is 2. The first kappa shape index (κ1) is 41.8. The third-order valence-electron chi connectivity index (χ3n) is 14.3. The van der Waals surface area contributed by atoms with E-state index in [0.29, 0.717) is 51.5 Å². The quantitative estimate of drug-likeness (QED) is 0.165. The zero-order valence-corrected chi connectivity index (χ0v) is 36.2. The van der Waals surface area contributed by atoms with E-state index in [1.165, 1.54) is 0 Å². The number of nitrogens with zero attached hydrogens (tertiary/aromatic N) is 6. The summed E-state index contributed by atoms with van der Waals surface area (Å²) in [7, 11) is 2.18. The number of esters is 1. The highest BCUT2D eigenvalue weighted by Crippen LogP contribution is 2.42. The van der Waals surface area contributed by atoms with E-state index in [4.69, 9.17) is 4.74 Å². The third-order valence-corrected chi connectivity index (χ3v) is 14.3. The average molecular weight is 841 g/mol. The lowest BCUT2D eigenvalue weighted by Gasteiger charge is -2.43. The predicted molar refractivity (Wildman–Crippen MR) is 240 cm³/mol. The number of carbonyl (C=O) groups excluding carboxylic acids is 3. The molecule has 3 amide bonds. The third kappa shape index (κ3) is 8.61. The number of piperazine rings is 1. The zero-order valence-electron chi connectivity index (χ0n) is 36.2. The molecule has 0 unspecified atom stereocenters. The van der Waals surface area contributed by atoms with Gasteiger partial charge in [0.15, 0.2) is 6.73 Å². The molecule has 1 aliphatic carbocycles. The molecular formula is C49H60N8O5. The molecule has 9 rings (SSSR count). The molecule has 4 aliphatic rings. The Morgan fingerprint density at radius 1 is 0.839 bits per heavy atom. The number of likely N-dealkylation sites (tertiary alicyclic amines) is 2. The van der Waals surface area contributed by atoms with Crippen molar-refractivity contribution in [2.24, 2.45) is 0 Å². The monoisotopic (exact) mass is 840 g/mol. The van der Waals surface area contributed by atoms with Gasteiger partial charge in [0.05, 0.1) is 17.1 Å². The normalized spacial score (nSPS) is 19.8. The van der Waals surface area contributed by atoms with E-state index in [2.05, 4.69) is 38.3 Å². The van der Waals surface area contributed by atoms with Crippen molar-refractivity contribution in [2.75, 3.05) is 59.4 Å². The molecule has 0 spiro atoms. The fourth-order valence-electron chi connectivity index (χ4n) is 10.8. The van der Waals surface area contributed by atoms with E-state index in [-0.39, 0.29) is 36.1 Å². The molecule has 62 heavy (non-hydrogen) atoms. The number of para-hydroxylation sites is 1. The van der Waals surface area contributed by atoms with E-state index >= 15 is 0 Å². The number of benzene rings is 3. The van der Waals surface area contributed by atoms with Gasteiger partial charge in [0.25, 0.3) is 5.56 Å². The fraction of sp³-hybridized carbons (Fsp3) is 0.490. The van der Waals surface area contributed by atoms with Crippen LogP contribution in [0.5, 0.6) is 0 Å². The molecule has 3 saturated heterocycles. The van der Waals surface area contributed by atoms with Gasteiger partial charge in [0.2, 0.25) is 5.91 Å². The number of nitrogens with one attached hydrogen (secondary N) is 2. The number of fused-ring (bicyclic) bond motifs is 2. The summed E-state index contributed by atoms with van der Waals surface area (Å²) in [6.45, 7) is 8.07. The number of pyridine rings is 1. The van der Waals surface area contributed by atoms with Crippen molar-refractivity contribution in [3.63, 3.8) is 0 Å². The zero-order chi connectivity index (χ0) is 42.8. The lowest BCUT2D eigenvalue weighted by atomic mass is 9.79. The first-order valence-corrected chi connectivity index (χ1v) is 22.7. The minimum atomic E-state index is -0.771. The Balaban J connectivity index is 0.895. The van der Waals surface area contributed by atoms with Crippen LogP contribution in [0.4, 0.5) is 4.79 Å². The van der Waals surface area contributed by atoms with Crippen molar-refractivity contribution in [3.8, 4) is 0 Å². The molecule has 13 nitrogen and oxygen atoms in total. The highest BCUT2D eigenvalue weighted by Gasteiger charge is 2.44. The van der Waals surface area contributed by atoms with Gasteiger partial charge in [-0.2, -0.15) is 5.10 Å². The first-order valence-electron chi connectivity index (χ1n) is 22.7.